The molecule has 4 nitrogen and oxygen atoms in total. The van der Waals surface area contributed by atoms with Crippen LogP contribution in [-0.4, -0.2) is 0 Å². The van der Waals surface area contributed by atoms with Crippen LogP contribution in [0, 0.1) is 0 Å². The van der Waals surface area contributed by atoms with Crippen LogP contribution in [0.3, 0.4) is 0 Å². The van der Waals surface area contributed by atoms with E-state index in [1.807, 2.05) is 60.7 Å². The van der Waals surface area contributed by atoms with Gasteiger partial charge in [0.2, 0.25) is 0 Å². The quantitative estimate of drug-likeness (QED) is 0.318. The van der Waals surface area contributed by atoms with Crippen LogP contribution in [0.2, 0.25) is 0 Å². The number of rotatable bonds is 2. The average molecular weight is 378 g/mol. The first kappa shape index (κ1) is 16.0. The van der Waals surface area contributed by atoms with Crippen LogP contribution in [0.1, 0.15) is 0 Å². The summed E-state index contributed by atoms with van der Waals surface area (Å²) in [4.78, 5) is 12.0. The molecule has 3 aromatic carbocycles. The van der Waals surface area contributed by atoms with Gasteiger partial charge in [0.25, 0.3) is 0 Å². The first-order valence-electron chi connectivity index (χ1n) is 9.30. The lowest BCUT2D eigenvalue weighted by Gasteiger charge is -2.04. The van der Waals surface area contributed by atoms with Crippen molar-refractivity contribution in [2.24, 2.45) is 0 Å². The summed E-state index contributed by atoms with van der Waals surface area (Å²) in [6, 6.07) is 23.1. The molecule has 6 aromatic rings. The van der Waals surface area contributed by atoms with E-state index in [4.69, 9.17) is 13.3 Å². The van der Waals surface area contributed by atoms with E-state index in [2.05, 4.69) is 0 Å². The summed E-state index contributed by atoms with van der Waals surface area (Å²) in [6.07, 6.45) is 3.45. The molecule has 0 N–H and O–H groups in total. The molecule has 0 amide bonds. The molecule has 0 radical (unpaired) electrons. The Hall–Kier alpha value is -4.05. The number of hydrogen-bond donors (Lipinski definition) is 0. The van der Waals surface area contributed by atoms with E-state index >= 15 is 0 Å². The van der Waals surface area contributed by atoms with Gasteiger partial charge in [-0.2, -0.15) is 0 Å². The van der Waals surface area contributed by atoms with E-state index < -0.39 is 5.63 Å². The van der Waals surface area contributed by atoms with E-state index in [-0.39, 0.29) is 0 Å². The zero-order chi connectivity index (χ0) is 19.4. The molecular weight excluding hydrogens is 364 g/mol. The van der Waals surface area contributed by atoms with Crippen molar-refractivity contribution in [2.75, 3.05) is 0 Å². The fourth-order valence-electron chi connectivity index (χ4n) is 3.99. The minimum Gasteiger partial charge on any atom is -0.463 e. The molecule has 0 bridgehead atoms. The van der Waals surface area contributed by atoms with E-state index in [9.17, 15) is 4.79 Å². The van der Waals surface area contributed by atoms with Gasteiger partial charge < -0.3 is 13.3 Å². The summed E-state index contributed by atoms with van der Waals surface area (Å²) < 4.78 is 17.7. The van der Waals surface area contributed by atoms with Gasteiger partial charge >= 0.3 is 5.63 Å². The number of furan rings is 2. The van der Waals surface area contributed by atoms with Gasteiger partial charge in [0.05, 0.1) is 28.7 Å². The number of benzene rings is 3. The smallest absolute Gasteiger partial charge is 0.336 e. The molecule has 0 saturated heterocycles. The Bertz CT molecular complexity index is 1550. The highest BCUT2D eigenvalue weighted by Gasteiger charge is 2.23. The van der Waals surface area contributed by atoms with Crippen molar-refractivity contribution in [3.05, 3.63) is 95.7 Å². The summed E-state index contributed by atoms with van der Waals surface area (Å²) in [6.45, 7) is 0. The lowest BCUT2D eigenvalue weighted by atomic mass is 9.98. The predicted molar refractivity (Wildman–Crippen MR) is 113 cm³/mol. The third-order valence-corrected chi connectivity index (χ3v) is 5.28. The molecule has 0 atom stereocenters. The van der Waals surface area contributed by atoms with Crippen LogP contribution in [0.4, 0.5) is 0 Å². The molecule has 29 heavy (non-hydrogen) atoms. The standard InChI is InChI=1S/C25H14O4/c26-20-12-11-17-23-21(18(13-27-23)15-7-3-1-4-8-15)25-22(24(17)29-20)19(14-28-25)16-9-5-2-6-10-16/h1-14H. The average Bonchev–Trinajstić information content (AvgIpc) is 3.40. The van der Waals surface area contributed by atoms with Crippen LogP contribution in [0.5, 0.6) is 0 Å². The number of hydrogen-bond acceptors (Lipinski definition) is 4. The maximum absolute atomic E-state index is 12.0. The van der Waals surface area contributed by atoms with Crippen molar-refractivity contribution < 1.29 is 13.3 Å². The molecule has 3 aromatic heterocycles. The van der Waals surface area contributed by atoms with Gasteiger partial charge in [0, 0.05) is 17.2 Å². The van der Waals surface area contributed by atoms with Crippen LogP contribution in [-0.2, 0) is 0 Å². The molecule has 0 aliphatic carbocycles. The van der Waals surface area contributed by atoms with Gasteiger partial charge in [0.15, 0.2) is 5.58 Å². The van der Waals surface area contributed by atoms with Gasteiger partial charge in [-0.15, -0.1) is 0 Å². The van der Waals surface area contributed by atoms with E-state index in [1.54, 1.807) is 18.6 Å². The highest BCUT2D eigenvalue weighted by molar-refractivity contribution is 6.26. The SMILES string of the molecule is O=c1ccc2c3occ(-c4ccccc4)c3c3occ(-c4ccccc4)c3c2o1. The Morgan fingerprint density at radius 1 is 0.552 bits per heavy atom. The highest BCUT2D eigenvalue weighted by Crippen LogP contribution is 2.45. The van der Waals surface area contributed by atoms with Crippen LogP contribution in [0.25, 0.3) is 55.2 Å². The summed E-state index contributed by atoms with van der Waals surface area (Å²) >= 11 is 0. The Morgan fingerprint density at radius 2 is 1.10 bits per heavy atom. The molecule has 0 aliphatic rings. The maximum atomic E-state index is 12.0. The zero-order valence-electron chi connectivity index (χ0n) is 15.2. The van der Waals surface area contributed by atoms with E-state index in [0.29, 0.717) is 16.7 Å². The zero-order valence-corrected chi connectivity index (χ0v) is 15.2. The van der Waals surface area contributed by atoms with Crippen LogP contribution < -0.4 is 5.63 Å². The maximum Gasteiger partial charge on any atom is 0.336 e. The Morgan fingerprint density at radius 3 is 1.72 bits per heavy atom. The minimum absolute atomic E-state index is 0.409. The molecule has 0 fully saturated rings. The van der Waals surface area contributed by atoms with Crippen molar-refractivity contribution in [2.45, 2.75) is 0 Å². The molecule has 4 heteroatoms. The van der Waals surface area contributed by atoms with Crippen LogP contribution >= 0.6 is 0 Å². The fourth-order valence-corrected chi connectivity index (χ4v) is 3.99. The summed E-state index contributed by atoms with van der Waals surface area (Å²) in [5, 5.41) is 2.39. The molecule has 0 unspecified atom stereocenters. The largest absolute Gasteiger partial charge is 0.463 e. The summed E-state index contributed by atoms with van der Waals surface area (Å²) in [5.74, 6) is 0. The summed E-state index contributed by atoms with van der Waals surface area (Å²) in [5.41, 5.74) is 5.19. The predicted octanol–water partition coefficient (Wildman–Crippen LogP) is 6.62. The first-order chi connectivity index (χ1) is 14.3. The second kappa shape index (κ2) is 5.97. The molecule has 3 heterocycles. The molecule has 138 valence electrons. The lowest BCUT2D eigenvalue weighted by molar-refractivity contribution is 0.562. The second-order valence-electron chi connectivity index (χ2n) is 6.94. The van der Waals surface area contributed by atoms with E-state index in [1.165, 1.54) is 6.07 Å². The molecule has 0 saturated carbocycles. The highest BCUT2D eigenvalue weighted by atomic mass is 16.4. The molecule has 0 spiro atoms. The normalized spacial score (nSPS) is 11.6. The minimum atomic E-state index is -0.409. The van der Waals surface area contributed by atoms with Gasteiger partial charge in [-0.1, -0.05) is 60.7 Å². The Balaban J connectivity index is 1.84. The molecule has 0 aliphatic heterocycles. The first-order valence-corrected chi connectivity index (χ1v) is 9.30. The summed E-state index contributed by atoms with van der Waals surface area (Å²) in [7, 11) is 0. The topological polar surface area (TPSA) is 56.5 Å². The third kappa shape index (κ3) is 2.29. The van der Waals surface area contributed by atoms with E-state index in [0.717, 1.165) is 38.4 Å². The van der Waals surface area contributed by atoms with Gasteiger partial charge in [-0.05, 0) is 17.2 Å². The van der Waals surface area contributed by atoms with Gasteiger partial charge in [0.1, 0.15) is 11.2 Å². The van der Waals surface area contributed by atoms with Crippen molar-refractivity contribution in [1.29, 1.82) is 0 Å². The van der Waals surface area contributed by atoms with Crippen molar-refractivity contribution in [3.8, 4) is 22.3 Å². The molecular formula is C25H14O4. The third-order valence-electron chi connectivity index (χ3n) is 5.28. The fraction of sp³-hybridized carbons (Fsp3) is 0. The molecule has 6 rings (SSSR count). The van der Waals surface area contributed by atoms with Crippen LogP contribution in [0.15, 0.2) is 103 Å². The number of fused-ring (bicyclic) bond motifs is 6. The van der Waals surface area contributed by atoms with Gasteiger partial charge in [-0.25, -0.2) is 4.79 Å². The second-order valence-corrected chi connectivity index (χ2v) is 6.94. The lowest BCUT2D eigenvalue weighted by Crippen LogP contribution is -1.95. The van der Waals surface area contributed by atoms with Crippen molar-refractivity contribution in [1.82, 2.24) is 0 Å². The monoisotopic (exact) mass is 378 g/mol. The van der Waals surface area contributed by atoms with Gasteiger partial charge in [-0.3, -0.25) is 0 Å². The van der Waals surface area contributed by atoms with Crippen molar-refractivity contribution in [3.63, 3.8) is 0 Å². The Labute approximate surface area is 164 Å². The van der Waals surface area contributed by atoms with Crippen molar-refractivity contribution >= 4 is 32.9 Å². The Kier molecular flexibility index (Phi) is 3.29.